The molecular weight excluding hydrogens is 358 g/mol. The summed E-state index contributed by atoms with van der Waals surface area (Å²) in [6.45, 7) is 0. The van der Waals surface area contributed by atoms with E-state index >= 15 is 0 Å². The van der Waals surface area contributed by atoms with Crippen LogP contribution in [0.2, 0.25) is 0 Å². The summed E-state index contributed by atoms with van der Waals surface area (Å²) in [6.07, 6.45) is 1.31. The molecule has 2 aliphatic rings. The maximum atomic E-state index is 12.9. The van der Waals surface area contributed by atoms with Gasteiger partial charge in [0.25, 0.3) is 0 Å². The van der Waals surface area contributed by atoms with Gasteiger partial charge in [0.2, 0.25) is 11.6 Å². The zero-order chi connectivity index (χ0) is 18.6. The topological polar surface area (TPSA) is 101 Å². The molecule has 0 bridgehead atoms. The van der Waals surface area contributed by atoms with Gasteiger partial charge in [-0.25, -0.2) is 0 Å². The normalized spacial score (nSPS) is 16.8. The smallest absolute Gasteiger partial charge is 0.247 e. The van der Waals surface area contributed by atoms with Crippen molar-refractivity contribution in [3.8, 4) is 0 Å². The van der Waals surface area contributed by atoms with Gasteiger partial charge in [0.1, 0.15) is 10.7 Å². The number of halogens is 1. The van der Waals surface area contributed by atoms with Gasteiger partial charge in [0.15, 0.2) is 17.3 Å². The first kappa shape index (κ1) is 16.1. The number of carbonyl (C=O) groups excluding carboxylic acids is 4. The number of hydrogen-bond acceptors (Lipinski definition) is 6. The van der Waals surface area contributed by atoms with E-state index in [0.29, 0.717) is 0 Å². The van der Waals surface area contributed by atoms with Crippen LogP contribution < -0.4 is 0 Å². The van der Waals surface area contributed by atoms with E-state index in [-0.39, 0.29) is 22.4 Å². The standard InChI is InChI=1S/C19H8ClNO5/c20-13-11(15(22)8-4-1-2-5-9(8)17(13)24)12-16(23)10-6-3-7-21-14(10)19(26)18(12)25/h1-7,25H. The molecule has 4 rings (SSSR count). The van der Waals surface area contributed by atoms with E-state index in [0.717, 1.165) is 0 Å². The Labute approximate surface area is 151 Å². The largest absolute Gasteiger partial charge is 0.504 e. The third-order valence-electron chi connectivity index (χ3n) is 4.26. The van der Waals surface area contributed by atoms with E-state index in [1.807, 2.05) is 0 Å². The SMILES string of the molecule is O=C1C(Cl)=C(C2=C(O)C(=O)c3ncccc3C2=O)C(=O)c2ccccc21. The number of nitrogens with zero attached hydrogens (tertiary/aromatic N) is 1. The number of carbonyl (C=O) groups is 4. The molecule has 0 fully saturated rings. The Morgan fingerprint density at radius 1 is 0.731 bits per heavy atom. The van der Waals surface area contributed by atoms with Crippen molar-refractivity contribution in [2.24, 2.45) is 0 Å². The Balaban J connectivity index is 1.99. The predicted molar refractivity (Wildman–Crippen MR) is 90.5 cm³/mol. The van der Waals surface area contributed by atoms with Gasteiger partial charge in [-0.3, -0.25) is 24.2 Å². The number of benzene rings is 1. The molecule has 0 saturated carbocycles. The average molecular weight is 366 g/mol. The number of fused-ring (bicyclic) bond motifs is 2. The first-order valence-corrected chi connectivity index (χ1v) is 7.87. The van der Waals surface area contributed by atoms with Gasteiger partial charge in [-0.15, -0.1) is 0 Å². The van der Waals surface area contributed by atoms with Crippen LogP contribution in [0, 0.1) is 0 Å². The summed E-state index contributed by atoms with van der Waals surface area (Å²) in [6, 6.07) is 8.79. The van der Waals surface area contributed by atoms with Crippen LogP contribution in [0.15, 0.2) is 64.5 Å². The number of rotatable bonds is 1. The van der Waals surface area contributed by atoms with Crippen LogP contribution in [0.3, 0.4) is 0 Å². The number of aromatic nitrogens is 1. The summed E-state index contributed by atoms with van der Waals surface area (Å²) < 4.78 is 0. The summed E-state index contributed by atoms with van der Waals surface area (Å²) >= 11 is 6.08. The molecule has 0 radical (unpaired) electrons. The van der Waals surface area contributed by atoms with Crippen molar-refractivity contribution in [2.45, 2.75) is 0 Å². The number of aliphatic hydroxyl groups excluding tert-OH is 1. The highest BCUT2D eigenvalue weighted by molar-refractivity contribution is 6.52. The maximum absolute atomic E-state index is 12.9. The van der Waals surface area contributed by atoms with Crippen LogP contribution in [-0.2, 0) is 0 Å². The van der Waals surface area contributed by atoms with Crippen LogP contribution in [-0.4, -0.2) is 33.2 Å². The molecule has 2 aromatic rings. The van der Waals surface area contributed by atoms with E-state index in [1.165, 1.54) is 30.5 Å². The first-order valence-electron chi connectivity index (χ1n) is 7.49. The minimum Gasteiger partial charge on any atom is -0.504 e. The number of hydrogen-bond donors (Lipinski definition) is 1. The molecule has 0 unspecified atom stereocenters. The van der Waals surface area contributed by atoms with Gasteiger partial charge < -0.3 is 5.11 Å². The second-order valence-electron chi connectivity index (χ2n) is 5.67. The summed E-state index contributed by atoms with van der Waals surface area (Å²) in [5, 5.41) is 9.78. The van der Waals surface area contributed by atoms with Gasteiger partial charge in [0, 0.05) is 17.3 Å². The fourth-order valence-corrected chi connectivity index (χ4v) is 3.32. The molecule has 1 aromatic carbocycles. The Morgan fingerprint density at radius 2 is 1.31 bits per heavy atom. The molecule has 6 nitrogen and oxygen atoms in total. The number of allylic oxidation sites excluding steroid dienone is 4. The Bertz CT molecular complexity index is 1040. The zero-order valence-corrected chi connectivity index (χ0v) is 13.7. The molecule has 1 aromatic heterocycles. The molecular formula is C19H8ClNO5. The second kappa shape index (κ2) is 5.57. The summed E-state index contributed by atoms with van der Waals surface area (Å²) in [5.41, 5.74) is -1.18. The van der Waals surface area contributed by atoms with Crippen molar-refractivity contribution in [2.75, 3.05) is 0 Å². The number of Topliss-reactive ketones (excluding diaryl/α,β-unsaturated/α-hetero) is 4. The van der Waals surface area contributed by atoms with E-state index in [4.69, 9.17) is 11.6 Å². The Kier molecular flexibility index (Phi) is 3.45. The third kappa shape index (κ3) is 2.02. The first-order chi connectivity index (χ1) is 12.4. The molecule has 0 amide bonds. The van der Waals surface area contributed by atoms with Gasteiger partial charge in [-0.2, -0.15) is 0 Å². The van der Waals surface area contributed by atoms with Crippen molar-refractivity contribution in [1.29, 1.82) is 0 Å². The van der Waals surface area contributed by atoms with Crippen molar-refractivity contribution in [1.82, 2.24) is 4.98 Å². The van der Waals surface area contributed by atoms with Crippen LogP contribution in [0.1, 0.15) is 41.6 Å². The quantitative estimate of drug-likeness (QED) is 0.833. The van der Waals surface area contributed by atoms with Crippen LogP contribution in [0.4, 0.5) is 0 Å². The number of pyridine rings is 1. The van der Waals surface area contributed by atoms with E-state index in [1.54, 1.807) is 12.1 Å². The fourth-order valence-electron chi connectivity index (χ4n) is 3.04. The van der Waals surface area contributed by atoms with E-state index in [9.17, 15) is 24.3 Å². The second-order valence-corrected chi connectivity index (χ2v) is 6.05. The molecule has 126 valence electrons. The predicted octanol–water partition coefficient (Wildman–Crippen LogP) is 2.84. The lowest BCUT2D eigenvalue weighted by Crippen LogP contribution is -2.29. The summed E-state index contributed by atoms with van der Waals surface area (Å²) in [4.78, 5) is 54.4. The minimum atomic E-state index is -0.949. The van der Waals surface area contributed by atoms with Crippen molar-refractivity contribution in [3.05, 3.63) is 86.9 Å². The highest BCUT2D eigenvalue weighted by Crippen LogP contribution is 2.37. The lowest BCUT2D eigenvalue weighted by Gasteiger charge is -2.22. The molecule has 7 heteroatoms. The average Bonchev–Trinajstić information content (AvgIpc) is 2.67. The van der Waals surface area contributed by atoms with Gasteiger partial charge >= 0.3 is 0 Å². The number of ketones is 4. The number of aliphatic hydroxyl groups is 1. The zero-order valence-electron chi connectivity index (χ0n) is 12.9. The molecule has 0 atom stereocenters. The Morgan fingerprint density at radius 3 is 2.00 bits per heavy atom. The van der Waals surface area contributed by atoms with Crippen LogP contribution >= 0.6 is 11.6 Å². The summed E-state index contributed by atoms with van der Waals surface area (Å²) in [7, 11) is 0. The van der Waals surface area contributed by atoms with Gasteiger partial charge in [0.05, 0.1) is 16.7 Å². The fraction of sp³-hybridized carbons (Fsp3) is 0. The molecule has 0 aliphatic heterocycles. The molecule has 0 spiro atoms. The van der Waals surface area contributed by atoms with Crippen molar-refractivity contribution in [3.63, 3.8) is 0 Å². The summed E-state index contributed by atoms with van der Waals surface area (Å²) in [5.74, 6) is -4.02. The van der Waals surface area contributed by atoms with Crippen molar-refractivity contribution >= 4 is 34.7 Å². The molecule has 1 N–H and O–H groups in total. The maximum Gasteiger partial charge on any atom is 0.247 e. The monoisotopic (exact) mass is 365 g/mol. The van der Waals surface area contributed by atoms with Crippen LogP contribution in [0.25, 0.3) is 0 Å². The Hall–Kier alpha value is -3.38. The molecule has 1 heterocycles. The third-order valence-corrected chi connectivity index (χ3v) is 4.62. The highest BCUT2D eigenvalue weighted by atomic mass is 35.5. The minimum absolute atomic E-state index is 0.0504. The molecule has 2 aliphatic carbocycles. The molecule has 0 saturated heterocycles. The lowest BCUT2D eigenvalue weighted by atomic mass is 9.80. The van der Waals surface area contributed by atoms with Crippen molar-refractivity contribution < 1.29 is 24.3 Å². The molecule has 26 heavy (non-hydrogen) atoms. The van der Waals surface area contributed by atoms with E-state index < -0.39 is 45.1 Å². The van der Waals surface area contributed by atoms with E-state index in [2.05, 4.69) is 4.98 Å². The lowest BCUT2D eigenvalue weighted by molar-refractivity contribution is 0.0918. The van der Waals surface area contributed by atoms with Gasteiger partial charge in [-0.1, -0.05) is 35.9 Å². The van der Waals surface area contributed by atoms with Crippen LogP contribution in [0.5, 0.6) is 0 Å². The highest BCUT2D eigenvalue weighted by Gasteiger charge is 2.41. The van der Waals surface area contributed by atoms with Gasteiger partial charge in [-0.05, 0) is 12.1 Å².